The highest BCUT2D eigenvalue weighted by Gasteiger charge is 2.19. The summed E-state index contributed by atoms with van der Waals surface area (Å²) in [5.41, 5.74) is 3.85. The minimum Gasteiger partial charge on any atom is -0.496 e. The van der Waals surface area contributed by atoms with E-state index >= 15 is 0 Å². The van der Waals surface area contributed by atoms with Crippen LogP contribution in [0.5, 0.6) is 11.5 Å². The van der Waals surface area contributed by atoms with Gasteiger partial charge in [0, 0.05) is 42.0 Å². The van der Waals surface area contributed by atoms with Crippen molar-refractivity contribution in [3.8, 4) is 22.8 Å². The van der Waals surface area contributed by atoms with Crippen LogP contribution < -0.4 is 14.4 Å². The van der Waals surface area contributed by atoms with E-state index in [-0.39, 0.29) is 11.9 Å². The van der Waals surface area contributed by atoms with Gasteiger partial charge in [0.15, 0.2) is 0 Å². The maximum atomic E-state index is 11.9. The van der Waals surface area contributed by atoms with Gasteiger partial charge in [-0.2, -0.15) is 0 Å². The Morgan fingerprint density at radius 1 is 0.971 bits per heavy atom. The van der Waals surface area contributed by atoms with Gasteiger partial charge < -0.3 is 28.8 Å². The number of fused-ring (bicyclic) bond motifs is 1. The zero-order valence-corrected chi connectivity index (χ0v) is 20.4. The molecular formula is C26H32N2O6. The Hall–Kier alpha value is -3.68. The van der Waals surface area contributed by atoms with Crippen molar-refractivity contribution in [2.75, 3.05) is 45.9 Å². The quantitative estimate of drug-likeness (QED) is 0.404. The summed E-state index contributed by atoms with van der Waals surface area (Å²) in [6.45, 7) is 5.67. The number of nitrogens with zero attached hydrogens (tertiary/aromatic N) is 1. The lowest BCUT2D eigenvalue weighted by molar-refractivity contribution is -0.143. The molecule has 0 saturated heterocycles. The zero-order valence-electron chi connectivity index (χ0n) is 20.4. The molecule has 0 spiro atoms. The molecule has 0 aliphatic carbocycles. The van der Waals surface area contributed by atoms with E-state index in [0.717, 1.165) is 34.4 Å². The molecule has 34 heavy (non-hydrogen) atoms. The van der Waals surface area contributed by atoms with Gasteiger partial charge in [-0.15, -0.1) is 0 Å². The summed E-state index contributed by atoms with van der Waals surface area (Å²) in [6.07, 6.45) is 1.04. The number of aromatic amines is 1. The first-order valence-electron chi connectivity index (χ1n) is 11.3. The van der Waals surface area contributed by atoms with Crippen LogP contribution in [0.15, 0.2) is 36.4 Å². The Kier molecular flexibility index (Phi) is 8.40. The van der Waals surface area contributed by atoms with E-state index in [1.54, 1.807) is 33.3 Å². The Balaban J connectivity index is 1.94. The van der Waals surface area contributed by atoms with Crippen molar-refractivity contribution in [3.63, 3.8) is 0 Å². The molecule has 0 amide bonds. The summed E-state index contributed by atoms with van der Waals surface area (Å²) < 4.78 is 21.3. The summed E-state index contributed by atoms with van der Waals surface area (Å²) in [6, 6.07) is 11.3. The van der Waals surface area contributed by atoms with E-state index in [1.165, 1.54) is 7.11 Å². The van der Waals surface area contributed by atoms with Crippen LogP contribution >= 0.6 is 0 Å². The lowest BCUT2D eigenvalue weighted by Crippen LogP contribution is -2.25. The zero-order chi connectivity index (χ0) is 24.7. The largest absolute Gasteiger partial charge is 0.496 e. The maximum Gasteiger partial charge on any atom is 0.337 e. The molecule has 3 aromatic rings. The van der Waals surface area contributed by atoms with Crippen molar-refractivity contribution < 1.29 is 28.5 Å². The van der Waals surface area contributed by atoms with E-state index in [2.05, 4.69) is 16.8 Å². The fourth-order valence-corrected chi connectivity index (χ4v) is 3.95. The van der Waals surface area contributed by atoms with Crippen molar-refractivity contribution >= 4 is 28.5 Å². The van der Waals surface area contributed by atoms with Crippen LogP contribution in [0.4, 0.5) is 5.69 Å². The van der Waals surface area contributed by atoms with Crippen molar-refractivity contribution in [1.82, 2.24) is 4.98 Å². The van der Waals surface area contributed by atoms with Gasteiger partial charge in [-0.3, -0.25) is 4.79 Å². The van der Waals surface area contributed by atoms with E-state index in [1.807, 2.05) is 24.3 Å². The minimum absolute atomic E-state index is 0.187. The number of rotatable bonds is 11. The number of anilines is 1. The fraction of sp³-hybridized carbons (Fsp3) is 0.385. The second kappa shape index (κ2) is 11.4. The van der Waals surface area contributed by atoms with Gasteiger partial charge in [-0.25, -0.2) is 4.79 Å². The standard InChI is InChI=1S/C26H32N2O6/c1-6-28(12-8-9-25(29)34-7-2)22-16-23(31-3)19(15-24(22)32-4)21-13-17-10-11-18(26(30)33-5)14-20(17)27-21/h10-11,13-16,27H,6-9,12H2,1-5H3. The first kappa shape index (κ1) is 25.0. The topological polar surface area (TPSA) is 90.1 Å². The molecule has 0 aliphatic rings. The van der Waals surface area contributed by atoms with E-state index in [9.17, 15) is 9.59 Å². The first-order chi connectivity index (χ1) is 16.4. The Labute approximate surface area is 199 Å². The number of esters is 2. The number of carbonyl (C=O) groups excluding carboxylic acids is 2. The lowest BCUT2D eigenvalue weighted by Gasteiger charge is -2.26. The average Bonchev–Trinajstić information content (AvgIpc) is 3.28. The number of hydrogen-bond donors (Lipinski definition) is 1. The van der Waals surface area contributed by atoms with E-state index in [0.29, 0.717) is 43.1 Å². The predicted octanol–water partition coefficient (Wildman–Crippen LogP) is 4.81. The minimum atomic E-state index is -0.385. The molecule has 0 atom stereocenters. The van der Waals surface area contributed by atoms with E-state index < -0.39 is 0 Å². The van der Waals surface area contributed by atoms with Gasteiger partial charge >= 0.3 is 11.9 Å². The molecule has 0 fully saturated rings. The summed E-state index contributed by atoms with van der Waals surface area (Å²) in [7, 11) is 4.63. The lowest BCUT2D eigenvalue weighted by atomic mass is 10.1. The Morgan fingerprint density at radius 2 is 1.74 bits per heavy atom. The van der Waals surface area contributed by atoms with E-state index in [4.69, 9.17) is 18.9 Å². The van der Waals surface area contributed by atoms with Crippen molar-refractivity contribution in [2.45, 2.75) is 26.7 Å². The van der Waals surface area contributed by atoms with Gasteiger partial charge in [0.25, 0.3) is 0 Å². The molecule has 8 heteroatoms. The van der Waals surface area contributed by atoms with Crippen LogP contribution in [-0.2, 0) is 14.3 Å². The molecule has 0 unspecified atom stereocenters. The highest BCUT2D eigenvalue weighted by Crippen LogP contribution is 2.41. The van der Waals surface area contributed by atoms with Gasteiger partial charge in [-0.1, -0.05) is 6.07 Å². The number of H-pyrrole nitrogens is 1. The molecule has 0 bridgehead atoms. The van der Waals surface area contributed by atoms with Crippen LogP contribution in [0.2, 0.25) is 0 Å². The highest BCUT2D eigenvalue weighted by molar-refractivity contribution is 5.96. The summed E-state index contributed by atoms with van der Waals surface area (Å²) in [4.78, 5) is 29.1. The van der Waals surface area contributed by atoms with Crippen LogP contribution in [0.3, 0.4) is 0 Å². The van der Waals surface area contributed by atoms with Crippen LogP contribution in [-0.4, -0.2) is 57.9 Å². The molecule has 0 saturated carbocycles. The van der Waals surface area contributed by atoms with Crippen LogP contribution in [0, 0.1) is 0 Å². The molecule has 1 heterocycles. The third kappa shape index (κ3) is 5.44. The molecule has 0 aliphatic heterocycles. The predicted molar refractivity (Wildman–Crippen MR) is 132 cm³/mol. The number of aromatic nitrogens is 1. The average molecular weight is 469 g/mol. The maximum absolute atomic E-state index is 11.9. The van der Waals surface area contributed by atoms with Gasteiger partial charge in [-0.05, 0) is 44.5 Å². The monoisotopic (exact) mass is 468 g/mol. The molecule has 182 valence electrons. The summed E-state index contributed by atoms with van der Waals surface area (Å²) >= 11 is 0. The molecule has 3 rings (SSSR count). The van der Waals surface area contributed by atoms with Crippen molar-refractivity contribution in [1.29, 1.82) is 0 Å². The summed E-state index contributed by atoms with van der Waals surface area (Å²) in [5.74, 6) is 0.805. The van der Waals surface area contributed by atoms with Gasteiger partial charge in [0.2, 0.25) is 0 Å². The van der Waals surface area contributed by atoms with Crippen molar-refractivity contribution in [2.24, 2.45) is 0 Å². The smallest absolute Gasteiger partial charge is 0.337 e. The first-order valence-corrected chi connectivity index (χ1v) is 11.3. The highest BCUT2D eigenvalue weighted by atomic mass is 16.5. The number of methoxy groups -OCH3 is 3. The number of carbonyl (C=O) groups is 2. The van der Waals surface area contributed by atoms with Gasteiger partial charge in [0.05, 0.1) is 44.9 Å². The third-order valence-electron chi connectivity index (χ3n) is 5.67. The molecule has 2 aromatic carbocycles. The normalized spacial score (nSPS) is 10.7. The Bertz CT molecular complexity index is 1150. The fourth-order valence-electron chi connectivity index (χ4n) is 3.95. The second-order valence-electron chi connectivity index (χ2n) is 7.69. The van der Waals surface area contributed by atoms with Crippen molar-refractivity contribution in [3.05, 3.63) is 42.0 Å². The van der Waals surface area contributed by atoms with Gasteiger partial charge in [0.1, 0.15) is 11.5 Å². The Morgan fingerprint density at radius 3 is 2.38 bits per heavy atom. The molecule has 8 nitrogen and oxygen atoms in total. The third-order valence-corrected chi connectivity index (χ3v) is 5.67. The number of ether oxygens (including phenoxy) is 4. The summed E-state index contributed by atoms with van der Waals surface area (Å²) in [5, 5.41) is 0.960. The molecule has 1 aromatic heterocycles. The number of benzene rings is 2. The van der Waals surface area contributed by atoms with Crippen LogP contribution in [0.1, 0.15) is 37.0 Å². The molecular weight excluding hydrogens is 436 g/mol. The van der Waals surface area contributed by atoms with Crippen LogP contribution in [0.25, 0.3) is 22.2 Å². The second-order valence-corrected chi connectivity index (χ2v) is 7.69. The molecule has 1 N–H and O–H groups in total. The SMILES string of the molecule is CCOC(=O)CCCN(CC)c1cc(OC)c(-c2cc3ccc(C(=O)OC)cc3[nH]2)cc1OC. The number of nitrogens with one attached hydrogen (secondary N) is 1. The molecule has 0 radical (unpaired) electrons. The number of hydrogen-bond acceptors (Lipinski definition) is 7.